The van der Waals surface area contributed by atoms with Gasteiger partial charge in [-0.25, -0.2) is 0 Å². The lowest BCUT2D eigenvalue weighted by atomic mass is 10.0. The summed E-state index contributed by atoms with van der Waals surface area (Å²) in [5, 5.41) is 3.14. The molecule has 1 aliphatic carbocycles. The highest BCUT2D eigenvalue weighted by molar-refractivity contribution is 5.80. The Morgan fingerprint density at radius 2 is 2.04 bits per heavy atom. The molecule has 1 aromatic carbocycles. The van der Waals surface area contributed by atoms with E-state index in [2.05, 4.69) is 22.3 Å². The maximum atomic E-state index is 12.2. The number of piperidine rings is 1. The average Bonchev–Trinajstić information content (AvgIpc) is 3.44. The monoisotopic (exact) mass is 332 g/mol. The predicted octanol–water partition coefficient (Wildman–Crippen LogP) is 2.60. The molecule has 132 valence electrons. The molecule has 0 unspecified atom stereocenters. The van der Waals surface area contributed by atoms with Crippen LogP contribution in [0.25, 0.3) is 0 Å². The van der Waals surface area contributed by atoms with Crippen molar-refractivity contribution in [2.75, 3.05) is 31.7 Å². The van der Waals surface area contributed by atoms with Gasteiger partial charge in [-0.1, -0.05) is 6.07 Å². The molecule has 0 spiro atoms. The van der Waals surface area contributed by atoms with Crippen molar-refractivity contribution in [1.29, 1.82) is 0 Å². The third-order valence-corrected chi connectivity index (χ3v) is 4.91. The van der Waals surface area contributed by atoms with Gasteiger partial charge in [0.2, 0.25) is 5.91 Å². The molecular formula is C19H28N2O3. The number of methoxy groups -OCH3 is 1. The number of hydrogen-bond acceptors (Lipinski definition) is 4. The Bertz CT molecular complexity index is 551. The quantitative estimate of drug-likeness (QED) is 0.834. The second kappa shape index (κ2) is 7.88. The average molecular weight is 332 g/mol. The Hall–Kier alpha value is -1.75. The molecule has 1 N–H and O–H groups in total. The second-order valence-corrected chi connectivity index (χ2v) is 6.89. The van der Waals surface area contributed by atoms with Gasteiger partial charge in [0.25, 0.3) is 0 Å². The number of benzene rings is 1. The lowest BCUT2D eigenvalue weighted by Crippen LogP contribution is -2.47. The fourth-order valence-electron chi connectivity index (χ4n) is 3.05. The van der Waals surface area contributed by atoms with Crippen LogP contribution < -0.4 is 15.0 Å². The zero-order valence-corrected chi connectivity index (χ0v) is 14.7. The van der Waals surface area contributed by atoms with Gasteiger partial charge in [-0.3, -0.25) is 4.79 Å². The molecular weight excluding hydrogens is 304 g/mol. The first-order valence-electron chi connectivity index (χ1n) is 8.96. The predicted molar refractivity (Wildman–Crippen MR) is 94.5 cm³/mol. The van der Waals surface area contributed by atoms with E-state index in [1.807, 2.05) is 19.1 Å². The van der Waals surface area contributed by atoms with Crippen molar-refractivity contribution in [1.82, 2.24) is 5.32 Å². The van der Waals surface area contributed by atoms with E-state index in [9.17, 15) is 4.79 Å². The first kappa shape index (κ1) is 17.1. The van der Waals surface area contributed by atoms with Crippen LogP contribution in [-0.4, -0.2) is 44.9 Å². The van der Waals surface area contributed by atoms with Crippen LogP contribution >= 0.6 is 0 Å². The molecule has 3 rings (SSSR count). The molecule has 0 aromatic heterocycles. The van der Waals surface area contributed by atoms with Gasteiger partial charge in [0.05, 0.1) is 13.7 Å². The summed E-state index contributed by atoms with van der Waals surface area (Å²) in [6.07, 6.45) is 4.06. The van der Waals surface area contributed by atoms with Crippen molar-refractivity contribution in [2.45, 2.75) is 44.8 Å². The minimum absolute atomic E-state index is 0.0236. The maximum Gasteiger partial charge on any atom is 0.249 e. The van der Waals surface area contributed by atoms with Crippen LogP contribution in [0.5, 0.6) is 5.75 Å². The van der Waals surface area contributed by atoms with Crippen LogP contribution in [-0.2, 0) is 9.53 Å². The Morgan fingerprint density at radius 3 is 2.71 bits per heavy atom. The molecule has 1 amide bonds. The van der Waals surface area contributed by atoms with Crippen molar-refractivity contribution in [2.24, 2.45) is 5.92 Å². The second-order valence-electron chi connectivity index (χ2n) is 6.89. The molecule has 2 fully saturated rings. The van der Waals surface area contributed by atoms with E-state index in [1.165, 1.54) is 18.5 Å². The SMILES string of the molecule is COc1cccc(N2CCC(NC(=O)[C@H](C)OCC3CC3)CC2)c1. The zero-order chi connectivity index (χ0) is 16.9. The Balaban J connectivity index is 1.43. The smallest absolute Gasteiger partial charge is 0.249 e. The van der Waals surface area contributed by atoms with E-state index < -0.39 is 0 Å². The summed E-state index contributed by atoms with van der Waals surface area (Å²) >= 11 is 0. The van der Waals surface area contributed by atoms with Crippen LogP contribution in [0.2, 0.25) is 0 Å². The molecule has 1 aromatic rings. The van der Waals surface area contributed by atoms with E-state index >= 15 is 0 Å². The van der Waals surface area contributed by atoms with Crippen molar-refractivity contribution in [3.8, 4) is 5.75 Å². The van der Waals surface area contributed by atoms with Crippen LogP contribution in [0.15, 0.2) is 24.3 Å². The van der Waals surface area contributed by atoms with Crippen LogP contribution in [0.3, 0.4) is 0 Å². The number of rotatable bonds is 7. The highest BCUT2D eigenvalue weighted by atomic mass is 16.5. The number of carbonyl (C=O) groups is 1. The van der Waals surface area contributed by atoms with E-state index in [0.717, 1.165) is 38.3 Å². The van der Waals surface area contributed by atoms with E-state index in [0.29, 0.717) is 5.92 Å². The lowest BCUT2D eigenvalue weighted by molar-refractivity contribution is -0.132. The molecule has 1 atom stereocenters. The van der Waals surface area contributed by atoms with Gasteiger partial charge in [0.1, 0.15) is 11.9 Å². The topological polar surface area (TPSA) is 50.8 Å². The first-order valence-corrected chi connectivity index (χ1v) is 8.96. The molecule has 1 saturated heterocycles. The Morgan fingerprint density at radius 1 is 1.29 bits per heavy atom. The number of amides is 1. The molecule has 5 nitrogen and oxygen atoms in total. The summed E-state index contributed by atoms with van der Waals surface area (Å²) in [4.78, 5) is 14.6. The highest BCUT2D eigenvalue weighted by Gasteiger charge is 2.26. The fraction of sp³-hybridized carbons (Fsp3) is 0.632. The van der Waals surface area contributed by atoms with Crippen molar-refractivity contribution in [3.63, 3.8) is 0 Å². The van der Waals surface area contributed by atoms with Gasteiger partial charge in [-0.05, 0) is 50.7 Å². The zero-order valence-electron chi connectivity index (χ0n) is 14.7. The van der Waals surface area contributed by atoms with Crippen LogP contribution in [0.4, 0.5) is 5.69 Å². The van der Waals surface area contributed by atoms with E-state index in [-0.39, 0.29) is 18.1 Å². The molecule has 1 aliphatic heterocycles. The minimum Gasteiger partial charge on any atom is -0.497 e. The molecule has 5 heteroatoms. The Kier molecular flexibility index (Phi) is 5.61. The normalized spacial score (nSPS) is 19.8. The summed E-state index contributed by atoms with van der Waals surface area (Å²) in [5.41, 5.74) is 1.18. The summed E-state index contributed by atoms with van der Waals surface area (Å²) < 4.78 is 10.9. The number of ether oxygens (including phenoxy) is 2. The first-order chi connectivity index (χ1) is 11.7. The minimum atomic E-state index is -0.345. The summed E-state index contributed by atoms with van der Waals surface area (Å²) in [6.45, 7) is 4.46. The van der Waals surface area contributed by atoms with Gasteiger partial charge in [-0.15, -0.1) is 0 Å². The fourth-order valence-corrected chi connectivity index (χ4v) is 3.05. The van der Waals surface area contributed by atoms with Crippen LogP contribution in [0.1, 0.15) is 32.6 Å². The number of anilines is 1. The third kappa shape index (κ3) is 4.63. The van der Waals surface area contributed by atoms with E-state index in [1.54, 1.807) is 7.11 Å². The van der Waals surface area contributed by atoms with E-state index in [4.69, 9.17) is 9.47 Å². The number of carbonyl (C=O) groups excluding carboxylic acids is 1. The van der Waals surface area contributed by atoms with Gasteiger partial charge < -0.3 is 19.7 Å². The van der Waals surface area contributed by atoms with Gasteiger partial charge in [0.15, 0.2) is 0 Å². The van der Waals surface area contributed by atoms with Gasteiger partial charge in [0, 0.05) is 30.9 Å². The summed E-state index contributed by atoms with van der Waals surface area (Å²) in [6, 6.07) is 8.38. The van der Waals surface area contributed by atoms with Crippen LogP contribution in [0, 0.1) is 5.92 Å². The Labute approximate surface area is 144 Å². The number of hydrogen-bond donors (Lipinski definition) is 1. The van der Waals surface area contributed by atoms with Gasteiger partial charge >= 0.3 is 0 Å². The van der Waals surface area contributed by atoms with Crippen molar-refractivity contribution >= 4 is 11.6 Å². The summed E-state index contributed by atoms with van der Waals surface area (Å²) in [7, 11) is 1.69. The highest BCUT2D eigenvalue weighted by Crippen LogP contribution is 2.29. The maximum absolute atomic E-state index is 12.2. The molecule has 0 bridgehead atoms. The number of nitrogens with zero attached hydrogens (tertiary/aromatic N) is 1. The summed E-state index contributed by atoms with van der Waals surface area (Å²) in [5.74, 6) is 1.59. The molecule has 24 heavy (non-hydrogen) atoms. The molecule has 2 aliphatic rings. The largest absolute Gasteiger partial charge is 0.497 e. The lowest BCUT2D eigenvalue weighted by Gasteiger charge is -2.34. The van der Waals surface area contributed by atoms with Crippen molar-refractivity contribution in [3.05, 3.63) is 24.3 Å². The molecule has 1 heterocycles. The number of nitrogens with one attached hydrogen (secondary N) is 1. The van der Waals surface area contributed by atoms with Gasteiger partial charge in [-0.2, -0.15) is 0 Å². The van der Waals surface area contributed by atoms with Crippen molar-refractivity contribution < 1.29 is 14.3 Å². The standard InChI is InChI=1S/C19H28N2O3/c1-14(24-13-15-6-7-15)19(22)20-16-8-10-21(11-9-16)17-4-3-5-18(12-17)23-2/h3-5,12,14-16H,6-11,13H2,1-2H3,(H,20,22)/t14-/m0/s1. The third-order valence-electron chi connectivity index (χ3n) is 4.91. The molecule has 1 saturated carbocycles. The molecule has 0 radical (unpaired) electrons.